The van der Waals surface area contributed by atoms with Gasteiger partial charge in [0.05, 0.1) is 0 Å². The lowest BCUT2D eigenvalue weighted by molar-refractivity contribution is 0.532. The maximum atomic E-state index is 12.3. The van der Waals surface area contributed by atoms with Crippen LogP contribution in [0.1, 0.15) is 24.5 Å². The van der Waals surface area contributed by atoms with Gasteiger partial charge >= 0.3 is 6.08 Å². The first-order valence-electron chi connectivity index (χ1n) is 3.35. The van der Waals surface area contributed by atoms with E-state index < -0.39 is 6.08 Å². The summed E-state index contributed by atoms with van der Waals surface area (Å²) in [5.74, 6) is 0.512. The Labute approximate surface area is 58.1 Å². The molecule has 0 saturated heterocycles. The van der Waals surface area contributed by atoms with Gasteiger partial charge in [0.2, 0.25) is 0 Å². The molecule has 2 nitrogen and oxygen atoms in total. The summed E-state index contributed by atoms with van der Waals surface area (Å²) in [6.45, 7) is 0. The third-order valence-corrected chi connectivity index (χ3v) is 1.64. The molecule has 0 aliphatic heterocycles. The summed E-state index contributed by atoms with van der Waals surface area (Å²) < 4.78 is 12.3. The first-order chi connectivity index (χ1) is 4.86. The van der Waals surface area contributed by atoms with E-state index in [2.05, 4.69) is 9.97 Å². The summed E-state index contributed by atoms with van der Waals surface area (Å²) in [7, 11) is 0. The van der Waals surface area contributed by atoms with Crippen LogP contribution in [0.5, 0.6) is 0 Å². The number of halogens is 1. The van der Waals surface area contributed by atoms with Crippen LogP contribution in [0.3, 0.4) is 0 Å². The molecule has 10 heavy (non-hydrogen) atoms. The number of aromatic nitrogens is 2. The van der Waals surface area contributed by atoms with Gasteiger partial charge in [-0.15, -0.1) is 0 Å². The summed E-state index contributed by atoms with van der Waals surface area (Å²) in [4.78, 5) is 7.03. The van der Waals surface area contributed by atoms with E-state index in [0.29, 0.717) is 5.92 Å². The fraction of sp³-hybridized carbons (Fsp3) is 0.429. The van der Waals surface area contributed by atoms with Crippen molar-refractivity contribution < 1.29 is 4.39 Å². The SMILES string of the molecule is Fc1nccc(C2CC2)n1. The van der Waals surface area contributed by atoms with Crippen molar-refractivity contribution in [3.8, 4) is 0 Å². The molecule has 0 bridgehead atoms. The molecule has 1 aliphatic rings. The van der Waals surface area contributed by atoms with E-state index in [0.717, 1.165) is 18.5 Å². The zero-order valence-corrected chi connectivity index (χ0v) is 5.42. The Hall–Kier alpha value is -0.990. The number of hydrogen-bond donors (Lipinski definition) is 0. The lowest BCUT2D eigenvalue weighted by Gasteiger charge is -1.92. The van der Waals surface area contributed by atoms with Crippen molar-refractivity contribution in [1.29, 1.82) is 0 Å². The molecule has 0 N–H and O–H groups in total. The second-order valence-electron chi connectivity index (χ2n) is 2.52. The minimum Gasteiger partial charge on any atom is -0.211 e. The molecule has 0 spiro atoms. The fourth-order valence-electron chi connectivity index (χ4n) is 0.954. The van der Waals surface area contributed by atoms with E-state index in [9.17, 15) is 4.39 Å². The van der Waals surface area contributed by atoms with Gasteiger partial charge in [-0.05, 0) is 18.9 Å². The van der Waals surface area contributed by atoms with E-state index in [1.165, 1.54) is 6.20 Å². The van der Waals surface area contributed by atoms with Gasteiger partial charge in [0.1, 0.15) is 0 Å². The lowest BCUT2D eigenvalue weighted by atomic mass is 10.3. The molecule has 52 valence electrons. The monoisotopic (exact) mass is 138 g/mol. The van der Waals surface area contributed by atoms with Crippen LogP contribution in [-0.2, 0) is 0 Å². The highest BCUT2D eigenvalue weighted by molar-refractivity contribution is 5.11. The van der Waals surface area contributed by atoms with Gasteiger partial charge in [0, 0.05) is 17.8 Å². The van der Waals surface area contributed by atoms with Crippen molar-refractivity contribution in [2.45, 2.75) is 18.8 Å². The predicted molar refractivity (Wildman–Crippen MR) is 34.0 cm³/mol. The van der Waals surface area contributed by atoms with Crippen LogP contribution in [0.15, 0.2) is 12.3 Å². The quantitative estimate of drug-likeness (QED) is 0.549. The molecular weight excluding hydrogens is 131 g/mol. The molecule has 0 amide bonds. The zero-order chi connectivity index (χ0) is 6.97. The van der Waals surface area contributed by atoms with Crippen LogP contribution < -0.4 is 0 Å². The van der Waals surface area contributed by atoms with E-state index >= 15 is 0 Å². The van der Waals surface area contributed by atoms with Crippen LogP contribution in [-0.4, -0.2) is 9.97 Å². The normalized spacial score (nSPS) is 17.3. The number of hydrogen-bond acceptors (Lipinski definition) is 2. The average molecular weight is 138 g/mol. The maximum Gasteiger partial charge on any atom is 0.308 e. The Kier molecular flexibility index (Phi) is 1.16. The lowest BCUT2D eigenvalue weighted by Crippen LogP contribution is -1.92. The van der Waals surface area contributed by atoms with Gasteiger partial charge in [-0.2, -0.15) is 4.39 Å². The van der Waals surface area contributed by atoms with Crippen LogP contribution in [0.4, 0.5) is 4.39 Å². The first-order valence-corrected chi connectivity index (χ1v) is 3.35. The van der Waals surface area contributed by atoms with E-state index in [-0.39, 0.29) is 0 Å². The Bertz CT molecular complexity index is 245. The van der Waals surface area contributed by atoms with Crippen LogP contribution in [0, 0.1) is 6.08 Å². The second-order valence-corrected chi connectivity index (χ2v) is 2.52. The molecule has 0 atom stereocenters. The molecule has 3 heteroatoms. The van der Waals surface area contributed by atoms with Crippen molar-refractivity contribution in [3.63, 3.8) is 0 Å². The van der Waals surface area contributed by atoms with Gasteiger partial charge < -0.3 is 0 Å². The Morgan fingerprint density at radius 3 is 2.90 bits per heavy atom. The smallest absolute Gasteiger partial charge is 0.211 e. The predicted octanol–water partition coefficient (Wildman–Crippen LogP) is 1.49. The highest BCUT2D eigenvalue weighted by atomic mass is 19.1. The van der Waals surface area contributed by atoms with E-state index in [4.69, 9.17) is 0 Å². The third-order valence-electron chi connectivity index (χ3n) is 1.64. The van der Waals surface area contributed by atoms with Gasteiger partial charge in [-0.1, -0.05) is 0 Å². The van der Waals surface area contributed by atoms with Gasteiger partial charge in [0.25, 0.3) is 0 Å². The van der Waals surface area contributed by atoms with Crippen LogP contribution in [0.25, 0.3) is 0 Å². The largest absolute Gasteiger partial charge is 0.308 e. The molecule has 1 aromatic heterocycles. The average Bonchev–Trinajstić information content (AvgIpc) is 2.68. The molecular formula is C7H7FN2. The molecule has 1 aromatic rings. The van der Waals surface area contributed by atoms with Crippen LogP contribution >= 0.6 is 0 Å². The van der Waals surface area contributed by atoms with Crippen molar-refractivity contribution >= 4 is 0 Å². The summed E-state index contributed by atoms with van der Waals surface area (Å²) in [6.07, 6.45) is 3.16. The highest BCUT2D eigenvalue weighted by Gasteiger charge is 2.24. The topological polar surface area (TPSA) is 25.8 Å². The Morgan fingerprint density at radius 1 is 1.50 bits per heavy atom. The Morgan fingerprint density at radius 2 is 2.30 bits per heavy atom. The molecule has 1 saturated carbocycles. The molecule has 0 aromatic carbocycles. The minimum atomic E-state index is -0.607. The van der Waals surface area contributed by atoms with Crippen molar-refractivity contribution in [1.82, 2.24) is 9.97 Å². The van der Waals surface area contributed by atoms with Gasteiger partial charge in [0.15, 0.2) is 0 Å². The molecule has 1 heterocycles. The second kappa shape index (κ2) is 2.01. The number of nitrogens with zero attached hydrogens (tertiary/aromatic N) is 2. The Balaban J connectivity index is 2.32. The van der Waals surface area contributed by atoms with Gasteiger partial charge in [-0.3, -0.25) is 0 Å². The first kappa shape index (κ1) is 5.77. The standard InChI is InChI=1S/C7H7FN2/c8-7-9-4-3-6(10-7)5-1-2-5/h3-5H,1-2H2. The van der Waals surface area contributed by atoms with Crippen molar-refractivity contribution in [2.24, 2.45) is 0 Å². The summed E-state index contributed by atoms with van der Waals surface area (Å²) in [6, 6.07) is 1.78. The van der Waals surface area contributed by atoms with E-state index in [1.807, 2.05) is 0 Å². The molecule has 1 fully saturated rings. The zero-order valence-electron chi connectivity index (χ0n) is 5.42. The summed E-state index contributed by atoms with van der Waals surface area (Å²) in [5, 5.41) is 0. The fourth-order valence-corrected chi connectivity index (χ4v) is 0.954. The minimum absolute atomic E-state index is 0.512. The molecule has 2 rings (SSSR count). The molecule has 1 aliphatic carbocycles. The third kappa shape index (κ3) is 0.988. The van der Waals surface area contributed by atoms with Crippen molar-refractivity contribution in [3.05, 3.63) is 24.0 Å². The maximum absolute atomic E-state index is 12.3. The molecule has 0 unspecified atom stereocenters. The highest BCUT2D eigenvalue weighted by Crippen LogP contribution is 2.38. The van der Waals surface area contributed by atoms with Crippen LogP contribution in [0.2, 0.25) is 0 Å². The van der Waals surface area contributed by atoms with E-state index in [1.54, 1.807) is 6.07 Å². The van der Waals surface area contributed by atoms with Crippen molar-refractivity contribution in [2.75, 3.05) is 0 Å². The summed E-state index contributed by atoms with van der Waals surface area (Å²) in [5.41, 5.74) is 0.854. The molecule has 0 radical (unpaired) electrons. The summed E-state index contributed by atoms with van der Waals surface area (Å²) >= 11 is 0. The van der Waals surface area contributed by atoms with Gasteiger partial charge in [-0.25, -0.2) is 9.97 Å². The number of rotatable bonds is 1.